The monoisotopic (exact) mass is 207 g/mol. The predicted octanol–water partition coefficient (Wildman–Crippen LogP) is 2.32. The number of rotatable bonds is 1. The van der Waals surface area contributed by atoms with Gasteiger partial charge in [-0.2, -0.15) is 5.10 Å². The lowest BCUT2D eigenvalue weighted by Crippen LogP contribution is -1.89. The molecule has 2 N–H and O–H groups in total. The first kappa shape index (κ1) is 9.09. The van der Waals surface area contributed by atoms with E-state index in [1.807, 2.05) is 31.4 Å². The van der Waals surface area contributed by atoms with Gasteiger partial charge in [0.25, 0.3) is 0 Å². The lowest BCUT2D eigenvalue weighted by molar-refractivity contribution is 0.771. The molecule has 0 spiro atoms. The lowest BCUT2D eigenvalue weighted by atomic mass is 10.1. The molecule has 72 valence electrons. The molecule has 14 heavy (non-hydrogen) atoms. The normalized spacial score (nSPS) is 10.4. The molecule has 0 aliphatic carbocycles. The molecule has 0 aliphatic rings. The molecular weight excluding hydrogens is 198 g/mol. The summed E-state index contributed by atoms with van der Waals surface area (Å²) in [6, 6.07) is 7.44. The molecule has 0 radical (unpaired) electrons. The van der Waals surface area contributed by atoms with Gasteiger partial charge in [0.05, 0.1) is 16.4 Å². The summed E-state index contributed by atoms with van der Waals surface area (Å²) < 4.78 is 1.75. The van der Waals surface area contributed by atoms with Gasteiger partial charge in [-0.3, -0.25) is 4.68 Å². The van der Waals surface area contributed by atoms with Crippen molar-refractivity contribution >= 4 is 17.3 Å². The molecule has 1 heterocycles. The maximum Gasteiger partial charge on any atom is 0.0923 e. The van der Waals surface area contributed by atoms with Gasteiger partial charge in [0.1, 0.15) is 0 Å². The van der Waals surface area contributed by atoms with Crippen molar-refractivity contribution in [2.45, 2.75) is 0 Å². The quantitative estimate of drug-likeness (QED) is 0.730. The second kappa shape index (κ2) is 3.35. The van der Waals surface area contributed by atoms with E-state index >= 15 is 0 Å². The molecule has 0 fully saturated rings. The van der Waals surface area contributed by atoms with E-state index in [0.717, 1.165) is 11.3 Å². The summed E-state index contributed by atoms with van der Waals surface area (Å²) >= 11 is 5.91. The van der Waals surface area contributed by atoms with Gasteiger partial charge in [0.15, 0.2) is 0 Å². The number of nitrogens with zero attached hydrogens (tertiary/aromatic N) is 2. The minimum atomic E-state index is 0.563. The van der Waals surface area contributed by atoms with Crippen LogP contribution in [-0.2, 0) is 7.05 Å². The number of nitrogen functional groups attached to an aromatic ring is 1. The fraction of sp³-hybridized carbons (Fsp3) is 0.100. The number of benzene rings is 1. The molecule has 0 bridgehead atoms. The number of nitrogens with two attached hydrogens (primary N) is 1. The SMILES string of the molecule is Cn1ccc(-c2ccc(N)c(Cl)c2)n1. The van der Waals surface area contributed by atoms with Crippen molar-refractivity contribution in [3.63, 3.8) is 0 Å². The fourth-order valence-corrected chi connectivity index (χ4v) is 1.44. The van der Waals surface area contributed by atoms with E-state index in [9.17, 15) is 0 Å². The average molecular weight is 208 g/mol. The Kier molecular flexibility index (Phi) is 2.17. The van der Waals surface area contributed by atoms with Gasteiger partial charge in [0.2, 0.25) is 0 Å². The van der Waals surface area contributed by atoms with Crippen LogP contribution < -0.4 is 5.73 Å². The van der Waals surface area contributed by atoms with E-state index in [-0.39, 0.29) is 0 Å². The first-order valence-electron chi connectivity index (χ1n) is 4.22. The standard InChI is InChI=1S/C10H10ClN3/c1-14-5-4-10(13-14)7-2-3-9(12)8(11)6-7/h2-6H,12H2,1H3. The van der Waals surface area contributed by atoms with Gasteiger partial charge >= 0.3 is 0 Å². The molecule has 0 aliphatic heterocycles. The highest BCUT2D eigenvalue weighted by atomic mass is 35.5. The van der Waals surface area contributed by atoms with E-state index in [1.54, 1.807) is 10.7 Å². The molecule has 1 aromatic carbocycles. The van der Waals surface area contributed by atoms with Crippen LogP contribution in [0.2, 0.25) is 5.02 Å². The first-order valence-corrected chi connectivity index (χ1v) is 4.59. The van der Waals surface area contributed by atoms with Crippen molar-refractivity contribution < 1.29 is 0 Å². The maximum atomic E-state index is 5.91. The van der Waals surface area contributed by atoms with Gasteiger partial charge in [-0.1, -0.05) is 17.7 Å². The van der Waals surface area contributed by atoms with Crippen LogP contribution in [0, 0.1) is 0 Å². The van der Waals surface area contributed by atoms with Crippen LogP contribution in [0.3, 0.4) is 0 Å². The number of anilines is 1. The van der Waals surface area contributed by atoms with Crippen LogP contribution >= 0.6 is 11.6 Å². The van der Waals surface area contributed by atoms with Gasteiger partial charge in [-0.05, 0) is 18.2 Å². The Bertz CT molecular complexity index is 462. The van der Waals surface area contributed by atoms with Gasteiger partial charge in [0, 0.05) is 18.8 Å². The number of hydrogen-bond acceptors (Lipinski definition) is 2. The van der Waals surface area contributed by atoms with E-state index in [1.165, 1.54) is 0 Å². The fourth-order valence-electron chi connectivity index (χ4n) is 1.26. The summed E-state index contributed by atoms with van der Waals surface area (Å²) in [6.07, 6.45) is 1.89. The third-order valence-electron chi connectivity index (χ3n) is 2.01. The van der Waals surface area contributed by atoms with Crippen molar-refractivity contribution in [2.24, 2.45) is 7.05 Å². The highest BCUT2D eigenvalue weighted by Crippen LogP contribution is 2.25. The summed E-state index contributed by atoms with van der Waals surface area (Å²) in [5, 5.41) is 4.83. The summed E-state index contributed by atoms with van der Waals surface area (Å²) in [4.78, 5) is 0. The van der Waals surface area contributed by atoms with E-state index in [0.29, 0.717) is 10.7 Å². The van der Waals surface area contributed by atoms with E-state index < -0.39 is 0 Å². The smallest absolute Gasteiger partial charge is 0.0923 e. The number of aromatic nitrogens is 2. The Hall–Kier alpha value is -1.48. The van der Waals surface area contributed by atoms with Gasteiger partial charge < -0.3 is 5.73 Å². The minimum absolute atomic E-state index is 0.563. The minimum Gasteiger partial charge on any atom is -0.398 e. The van der Waals surface area contributed by atoms with E-state index in [2.05, 4.69) is 5.10 Å². The molecule has 2 aromatic rings. The molecule has 0 unspecified atom stereocenters. The summed E-state index contributed by atoms with van der Waals surface area (Å²) in [5.74, 6) is 0. The first-order chi connectivity index (χ1) is 6.66. The van der Waals surface area contributed by atoms with Crippen molar-refractivity contribution in [3.05, 3.63) is 35.5 Å². The summed E-state index contributed by atoms with van der Waals surface area (Å²) in [7, 11) is 1.88. The molecular formula is C10H10ClN3. The molecule has 4 heteroatoms. The van der Waals surface area contributed by atoms with Gasteiger partial charge in [-0.15, -0.1) is 0 Å². The van der Waals surface area contributed by atoms with Crippen LogP contribution in [0.15, 0.2) is 30.5 Å². The number of hydrogen-bond donors (Lipinski definition) is 1. The van der Waals surface area contributed by atoms with Crippen LogP contribution in [-0.4, -0.2) is 9.78 Å². The Morgan fingerprint density at radius 1 is 1.36 bits per heavy atom. The third kappa shape index (κ3) is 1.59. The van der Waals surface area contributed by atoms with Crippen molar-refractivity contribution in [1.82, 2.24) is 9.78 Å². The summed E-state index contributed by atoms with van der Waals surface area (Å²) in [6.45, 7) is 0. The molecule has 0 atom stereocenters. The molecule has 3 nitrogen and oxygen atoms in total. The van der Waals surface area contributed by atoms with Crippen molar-refractivity contribution in [1.29, 1.82) is 0 Å². The van der Waals surface area contributed by atoms with Crippen LogP contribution in [0.4, 0.5) is 5.69 Å². The highest BCUT2D eigenvalue weighted by Gasteiger charge is 2.03. The zero-order chi connectivity index (χ0) is 10.1. The highest BCUT2D eigenvalue weighted by molar-refractivity contribution is 6.33. The summed E-state index contributed by atoms with van der Waals surface area (Å²) in [5.41, 5.74) is 8.08. The topological polar surface area (TPSA) is 43.8 Å². The molecule has 0 saturated heterocycles. The molecule has 1 aromatic heterocycles. The van der Waals surface area contributed by atoms with Crippen molar-refractivity contribution in [3.8, 4) is 11.3 Å². The third-order valence-corrected chi connectivity index (χ3v) is 2.34. The zero-order valence-corrected chi connectivity index (χ0v) is 8.49. The second-order valence-corrected chi connectivity index (χ2v) is 3.52. The Morgan fingerprint density at radius 3 is 2.71 bits per heavy atom. The van der Waals surface area contributed by atoms with Gasteiger partial charge in [-0.25, -0.2) is 0 Å². The van der Waals surface area contributed by atoms with Crippen LogP contribution in [0.1, 0.15) is 0 Å². The predicted molar refractivity (Wildman–Crippen MR) is 58.1 cm³/mol. The van der Waals surface area contributed by atoms with E-state index in [4.69, 9.17) is 17.3 Å². The lowest BCUT2D eigenvalue weighted by Gasteiger charge is -2.00. The molecule has 0 amide bonds. The van der Waals surface area contributed by atoms with Crippen LogP contribution in [0.25, 0.3) is 11.3 Å². The van der Waals surface area contributed by atoms with Crippen molar-refractivity contribution in [2.75, 3.05) is 5.73 Å². The maximum absolute atomic E-state index is 5.91. The Balaban J connectivity index is 2.47. The number of aryl methyl sites for hydroxylation is 1. The molecule has 0 saturated carbocycles. The Labute approximate surface area is 87.1 Å². The van der Waals surface area contributed by atoms with Crippen LogP contribution in [0.5, 0.6) is 0 Å². The largest absolute Gasteiger partial charge is 0.398 e. The number of halogens is 1. The second-order valence-electron chi connectivity index (χ2n) is 3.11. The average Bonchev–Trinajstić information content (AvgIpc) is 2.57. The zero-order valence-electron chi connectivity index (χ0n) is 7.74. The Morgan fingerprint density at radius 2 is 2.14 bits per heavy atom. The molecule has 2 rings (SSSR count).